The Morgan fingerprint density at radius 2 is 1.83 bits per heavy atom. The van der Waals surface area contributed by atoms with E-state index in [1.54, 1.807) is 12.1 Å². The number of hydrogen-bond donors (Lipinski definition) is 3. The van der Waals surface area contributed by atoms with Gasteiger partial charge in [0.2, 0.25) is 5.91 Å². The van der Waals surface area contributed by atoms with Gasteiger partial charge in [0.05, 0.1) is 17.2 Å². The number of pyridine rings is 1. The molecule has 0 spiro atoms. The number of carbonyl (C=O) groups excluding carboxylic acids is 1. The highest BCUT2D eigenvalue weighted by molar-refractivity contribution is 7.78. The monoisotopic (exact) mass is 416 g/mol. The number of rotatable bonds is 8. The van der Waals surface area contributed by atoms with Gasteiger partial charge in [-0.3, -0.25) is 4.79 Å². The van der Waals surface area contributed by atoms with Crippen LogP contribution in [0.5, 0.6) is 0 Å². The van der Waals surface area contributed by atoms with Gasteiger partial charge in [-0.05, 0) is 35.6 Å². The number of hydrogen-bond acceptors (Lipinski definition) is 4. The Labute approximate surface area is 171 Å². The summed E-state index contributed by atoms with van der Waals surface area (Å²) in [6.07, 6.45) is 6.52. The number of aromatic carboxylic acids is 1. The van der Waals surface area contributed by atoms with Crippen molar-refractivity contribution in [3.8, 4) is 0 Å². The van der Waals surface area contributed by atoms with E-state index in [9.17, 15) is 13.8 Å². The molecular weight excluding hydrogens is 392 g/mol. The number of nitrogens with zero attached hydrogens (tertiary/aromatic N) is 1. The van der Waals surface area contributed by atoms with E-state index in [2.05, 4.69) is 10.3 Å². The normalized spacial score (nSPS) is 16.3. The number of carbonyl (C=O) groups is 2. The Bertz CT molecular complexity index is 877. The third kappa shape index (κ3) is 5.95. The third-order valence-corrected chi connectivity index (χ3v) is 5.87. The Kier molecular flexibility index (Phi) is 7.11. The molecule has 154 valence electrons. The highest BCUT2D eigenvalue weighted by Gasteiger charge is 2.27. The second-order valence-corrected chi connectivity index (χ2v) is 8.30. The van der Waals surface area contributed by atoms with Crippen LogP contribution >= 0.6 is 0 Å². The summed E-state index contributed by atoms with van der Waals surface area (Å²) in [5.74, 6) is -0.780. The fourth-order valence-electron chi connectivity index (χ4n) is 3.77. The molecule has 1 aliphatic carbocycles. The predicted octanol–water partition coefficient (Wildman–Crippen LogP) is 3.80. The van der Waals surface area contributed by atoms with Crippen LogP contribution in [0.4, 0.5) is 5.82 Å². The zero-order valence-electron chi connectivity index (χ0n) is 15.9. The average Bonchev–Trinajstić information content (AvgIpc) is 3.20. The number of carboxylic acid groups (broad SMARTS) is 1. The van der Waals surface area contributed by atoms with Crippen LogP contribution in [-0.2, 0) is 21.6 Å². The molecule has 1 saturated carbocycles. The molecular formula is C21H24N2O5S. The average molecular weight is 416 g/mol. The highest BCUT2D eigenvalue weighted by atomic mass is 32.2. The van der Waals surface area contributed by atoms with Gasteiger partial charge in [0.25, 0.3) is 0 Å². The lowest BCUT2D eigenvalue weighted by molar-refractivity contribution is -0.118. The van der Waals surface area contributed by atoms with E-state index in [1.165, 1.54) is 31.2 Å². The minimum absolute atomic E-state index is 0.0552. The summed E-state index contributed by atoms with van der Waals surface area (Å²) in [7, 11) is 0. The van der Waals surface area contributed by atoms with Gasteiger partial charge in [-0.2, -0.15) is 0 Å². The topological polar surface area (TPSA) is 117 Å². The second kappa shape index (κ2) is 9.76. The van der Waals surface area contributed by atoms with Crippen LogP contribution in [0.3, 0.4) is 0 Å². The molecule has 1 aliphatic rings. The predicted molar refractivity (Wildman–Crippen MR) is 110 cm³/mol. The fraction of sp³-hybridized carbons (Fsp3) is 0.381. The van der Waals surface area contributed by atoms with E-state index < -0.39 is 17.0 Å². The molecule has 1 heterocycles. The van der Waals surface area contributed by atoms with Gasteiger partial charge in [-0.25, -0.2) is 14.0 Å². The first-order chi connectivity index (χ1) is 13.9. The fourth-order valence-corrected chi connectivity index (χ4v) is 4.25. The molecule has 3 N–H and O–H groups in total. The quantitative estimate of drug-likeness (QED) is 0.564. The summed E-state index contributed by atoms with van der Waals surface area (Å²) < 4.78 is 20.0. The minimum atomic E-state index is -1.91. The second-order valence-electron chi connectivity index (χ2n) is 7.37. The standard InChI is InChI=1S/C21H24N2O5S/c24-20(23-19-10-9-17(12-22-19)21(25)26)18(11-14-3-1-2-4-14)16-7-5-15(6-8-16)13-29(27)28/h5-10,12,14,18H,1-4,11,13H2,(H,25,26)(H,27,28)(H,22,23,24). The maximum Gasteiger partial charge on any atom is 0.337 e. The smallest absolute Gasteiger partial charge is 0.337 e. The third-order valence-electron chi connectivity index (χ3n) is 5.29. The van der Waals surface area contributed by atoms with Crippen LogP contribution in [-0.4, -0.2) is 30.7 Å². The van der Waals surface area contributed by atoms with Gasteiger partial charge < -0.3 is 15.0 Å². The highest BCUT2D eigenvalue weighted by Crippen LogP contribution is 2.35. The molecule has 0 radical (unpaired) electrons. The van der Waals surface area contributed by atoms with Gasteiger partial charge in [0, 0.05) is 6.20 Å². The largest absolute Gasteiger partial charge is 0.478 e. The molecule has 1 aromatic heterocycles. The van der Waals surface area contributed by atoms with Crippen molar-refractivity contribution in [2.24, 2.45) is 5.92 Å². The van der Waals surface area contributed by atoms with E-state index in [0.717, 1.165) is 30.4 Å². The maximum absolute atomic E-state index is 13.0. The van der Waals surface area contributed by atoms with Gasteiger partial charge in [-0.1, -0.05) is 49.9 Å². The van der Waals surface area contributed by atoms with Crippen molar-refractivity contribution in [1.82, 2.24) is 4.98 Å². The molecule has 3 rings (SSSR count). The van der Waals surface area contributed by atoms with Gasteiger partial charge in [0.1, 0.15) is 5.82 Å². The Balaban J connectivity index is 1.77. The number of nitrogens with one attached hydrogen (secondary N) is 1. The van der Waals surface area contributed by atoms with Crippen molar-refractivity contribution in [3.05, 3.63) is 59.3 Å². The van der Waals surface area contributed by atoms with Crippen molar-refractivity contribution in [2.75, 3.05) is 5.32 Å². The molecule has 0 bridgehead atoms. The number of carboxylic acids is 1. The summed E-state index contributed by atoms with van der Waals surface area (Å²) in [5.41, 5.74) is 1.65. The number of benzene rings is 1. The summed E-state index contributed by atoms with van der Waals surface area (Å²) in [5, 5.41) is 11.8. The molecule has 0 aliphatic heterocycles. The minimum Gasteiger partial charge on any atom is -0.478 e. The van der Waals surface area contributed by atoms with E-state index in [4.69, 9.17) is 9.66 Å². The first-order valence-corrected chi connectivity index (χ1v) is 10.9. The first kappa shape index (κ1) is 21.1. The van der Waals surface area contributed by atoms with Crippen LogP contribution in [0.15, 0.2) is 42.6 Å². The van der Waals surface area contributed by atoms with Crippen molar-refractivity contribution in [1.29, 1.82) is 0 Å². The number of amides is 1. The SMILES string of the molecule is O=C(O)c1ccc(NC(=O)C(CC2CCCC2)c2ccc(CS(=O)O)cc2)nc1. The van der Waals surface area contributed by atoms with E-state index in [1.807, 2.05) is 12.1 Å². The van der Waals surface area contributed by atoms with E-state index in [0.29, 0.717) is 11.7 Å². The molecule has 7 nitrogen and oxygen atoms in total. The lowest BCUT2D eigenvalue weighted by Crippen LogP contribution is -2.23. The molecule has 2 aromatic rings. The Morgan fingerprint density at radius 3 is 2.38 bits per heavy atom. The van der Waals surface area contributed by atoms with Crippen molar-refractivity contribution < 1.29 is 23.5 Å². The molecule has 0 saturated heterocycles. The van der Waals surface area contributed by atoms with Crippen molar-refractivity contribution in [3.63, 3.8) is 0 Å². The number of anilines is 1. The van der Waals surface area contributed by atoms with Crippen LogP contribution in [0.25, 0.3) is 0 Å². The molecule has 2 atom stereocenters. The first-order valence-electron chi connectivity index (χ1n) is 9.59. The van der Waals surface area contributed by atoms with Gasteiger partial charge in [0.15, 0.2) is 11.1 Å². The molecule has 29 heavy (non-hydrogen) atoms. The van der Waals surface area contributed by atoms with Crippen LogP contribution in [0.1, 0.15) is 59.5 Å². The molecule has 2 unspecified atom stereocenters. The molecule has 1 aromatic carbocycles. The summed E-state index contributed by atoms with van der Waals surface area (Å²) >= 11 is -1.91. The zero-order valence-corrected chi connectivity index (χ0v) is 16.7. The van der Waals surface area contributed by atoms with Crippen molar-refractivity contribution in [2.45, 2.75) is 43.8 Å². The Hall–Kier alpha value is -2.58. The van der Waals surface area contributed by atoms with Gasteiger partial charge in [-0.15, -0.1) is 0 Å². The van der Waals surface area contributed by atoms with E-state index in [-0.39, 0.29) is 23.1 Å². The molecule has 8 heteroatoms. The van der Waals surface area contributed by atoms with Crippen LogP contribution in [0, 0.1) is 5.92 Å². The summed E-state index contributed by atoms with van der Waals surface area (Å²) in [6.45, 7) is 0. The van der Waals surface area contributed by atoms with Crippen LogP contribution < -0.4 is 5.32 Å². The number of aromatic nitrogens is 1. The van der Waals surface area contributed by atoms with Crippen LogP contribution in [0.2, 0.25) is 0 Å². The van der Waals surface area contributed by atoms with E-state index >= 15 is 0 Å². The lowest BCUT2D eigenvalue weighted by Gasteiger charge is -2.21. The maximum atomic E-state index is 13.0. The molecule has 1 amide bonds. The van der Waals surface area contributed by atoms with Gasteiger partial charge >= 0.3 is 5.97 Å². The van der Waals surface area contributed by atoms with Crippen molar-refractivity contribution >= 4 is 28.8 Å². The summed E-state index contributed by atoms with van der Waals surface area (Å²) in [6, 6.07) is 10.1. The Morgan fingerprint density at radius 1 is 1.14 bits per heavy atom. The molecule has 1 fully saturated rings. The zero-order chi connectivity index (χ0) is 20.8. The summed E-state index contributed by atoms with van der Waals surface area (Å²) in [4.78, 5) is 28.0. The lowest BCUT2D eigenvalue weighted by atomic mass is 9.87.